The number of nitrogens with zero attached hydrogens (tertiary/aromatic N) is 2. The molecule has 1 heterocycles. The predicted molar refractivity (Wildman–Crippen MR) is 80.4 cm³/mol. The molecule has 0 saturated carbocycles. The van der Waals surface area contributed by atoms with Gasteiger partial charge >= 0.3 is 0 Å². The fraction of sp³-hybridized carbons (Fsp3) is 0.333. The highest BCUT2D eigenvalue weighted by molar-refractivity contribution is 5.65. The zero-order chi connectivity index (χ0) is 14.5. The van der Waals surface area contributed by atoms with Crippen molar-refractivity contribution in [1.82, 2.24) is 9.97 Å². The summed E-state index contributed by atoms with van der Waals surface area (Å²) in [4.78, 5) is 9.02. The maximum Gasteiger partial charge on any atom is 0.165 e. The van der Waals surface area contributed by atoms with Crippen molar-refractivity contribution in [2.75, 3.05) is 12.5 Å². The lowest BCUT2D eigenvalue weighted by atomic mass is 10.1. The number of hydrogen-bond acceptors (Lipinski definition) is 5. The summed E-state index contributed by atoms with van der Waals surface area (Å²) in [5.41, 5.74) is 4.42. The van der Waals surface area contributed by atoms with Gasteiger partial charge < -0.3 is 10.2 Å². The van der Waals surface area contributed by atoms with E-state index >= 15 is 0 Å². The van der Waals surface area contributed by atoms with Gasteiger partial charge in [-0.15, -0.1) is 0 Å². The van der Waals surface area contributed by atoms with Crippen LogP contribution < -0.4 is 16.0 Å². The van der Waals surface area contributed by atoms with E-state index in [0.717, 1.165) is 23.4 Å². The first-order valence-electron chi connectivity index (χ1n) is 6.62. The molecule has 0 aliphatic carbocycles. The second-order valence-corrected chi connectivity index (χ2v) is 5.01. The number of ether oxygens (including phenoxy) is 1. The average Bonchev–Trinajstić information content (AvgIpc) is 2.46. The van der Waals surface area contributed by atoms with E-state index in [1.54, 1.807) is 7.11 Å². The van der Waals surface area contributed by atoms with Crippen LogP contribution in [0.4, 0.5) is 5.82 Å². The van der Waals surface area contributed by atoms with Crippen LogP contribution in [0.25, 0.3) is 11.4 Å². The third kappa shape index (κ3) is 3.24. The summed E-state index contributed by atoms with van der Waals surface area (Å²) >= 11 is 0. The van der Waals surface area contributed by atoms with Crippen molar-refractivity contribution >= 4 is 5.82 Å². The fourth-order valence-electron chi connectivity index (χ4n) is 2.04. The van der Waals surface area contributed by atoms with E-state index in [4.69, 9.17) is 10.6 Å². The Hall–Kier alpha value is -2.14. The summed E-state index contributed by atoms with van der Waals surface area (Å²) in [6, 6.07) is 9.56. The Morgan fingerprint density at radius 3 is 2.65 bits per heavy atom. The Kier molecular flexibility index (Phi) is 4.53. The number of methoxy groups -OCH3 is 1. The number of nitrogens with one attached hydrogen (secondary N) is 1. The molecule has 0 amide bonds. The second kappa shape index (κ2) is 6.34. The standard InChI is InChI=1S/C15H20N4O/c1-10(2)8-11-9-14(19-16)18-15(17-11)12-6-4-5-7-13(12)20-3/h4-7,9-10H,8,16H2,1-3H3,(H,17,18,19). The van der Waals surface area contributed by atoms with Gasteiger partial charge in [0.15, 0.2) is 5.82 Å². The van der Waals surface area contributed by atoms with Gasteiger partial charge in [0.05, 0.1) is 12.7 Å². The van der Waals surface area contributed by atoms with Crippen LogP contribution in [0.5, 0.6) is 5.75 Å². The highest BCUT2D eigenvalue weighted by Gasteiger charge is 2.11. The van der Waals surface area contributed by atoms with Crippen molar-refractivity contribution in [2.24, 2.45) is 11.8 Å². The second-order valence-electron chi connectivity index (χ2n) is 5.01. The zero-order valence-corrected chi connectivity index (χ0v) is 12.1. The minimum atomic E-state index is 0.515. The molecule has 106 valence electrons. The number of rotatable bonds is 5. The van der Waals surface area contributed by atoms with E-state index in [9.17, 15) is 0 Å². The Bertz CT molecular complexity index is 584. The molecule has 1 aromatic carbocycles. The molecule has 0 aliphatic rings. The van der Waals surface area contributed by atoms with Crippen LogP contribution in [-0.2, 0) is 6.42 Å². The van der Waals surface area contributed by atoms with Gasteiger partial charge in [-0.2, -0.15) is 0 Å². The number of hydrazine groups is 1. The molecule has 5 nitrogen and oxygen atoms in total. The van der Waals surface area contributed by atoms with Gasteiger partial charge in [-0.1, -0.05) is 26.0 Å². The molecular weight excluding hydrogens is 252 g/mol. The lowest BCUT2D eigenvalue weighted by Gasteiger charge is -2.11. The zero-order valence-electron chi connectivity index (χ0n) is 12.1. The molecule has 0 bridgehead atoms. The first-order valence-corrected chi connectivity index (χ1v) is 6.62. The summed E-state index contributed by atoms with van der Waals surface area (Å²) in [5, 5.41) is 0. The van der Waals surface area contributed by atoms with Crippen molar-refractivity contribution in [1.29, 1.82) is 0 Å². The SMILES string of the molecule is COc1ccccc1-c1nc(CC(C)C)cc(NN)n1. The van der Waals surface area contributed by atoms with Gasteiger partial charge in [-0.25, -0.2) is 15.8 Å². The number of hydrogen-bond donors (Lipinski definition) is 2. The Morgan fingerprint density at radius 1 is 1.25 bits per heavy atom. The first-order chi connectivity index (χ1) is 9.63. The number of para-hydroxylation sites is 1. The normalized spacial score (nSPS) is 10.7. The quantitative estimate of drug-likeness (QED) is 0.646. The molecule has 0 unspecified atom stereocenters. The monoisotopic (exact) mass is 272 g/mol. The summed E-state index contributed by atoms with van der Waals surface area (Å²) < 4.78 is 5.36. The summed E-state index contributed by atoms with van der Waals surface area (Å²) in [5.74, 6) is 7.98. The first kappa shape index (κ1) is 14.3. The third-order valence-electron chi connectivity index (χ3n) is 2.89. The average molecular weight is 272 g/mol. The van der Waals surface area contributed by atoms with E-state index in [0.29, 0.717) is 17.6 Å². The van der Waals surface area contributed by atoms with E-state index in [2.05, 4.69) is 29.2 Å². The highest BCUT2D eigenvalue weighted by Crippen LogP contribution is 2.28. The van der Waals surface area contributed by atoms with E-state index < -0.39 is 0 Å². The Morgan fingerprint density at radius 2 is 2.00 bits per heavy atom. The minimum absolute atomic E-state index is 0.515. The summed E-state index contributed by atoms with van der Waals surface area (Å²) in [6.07, 6.45) is 0.874. The van der Waals surface area contributed by atoms with Crippen LogP contribution in [-0.4, -0.2) is 17.1 Å². The lowest BCUT2D eigenvalue weighted by Crippen LogP contribution is -2.11. The molecule has 0 fully saturated rings. The van der Waals surface area contributed by atoms with Crippen molar-refractivity contribution in [3.05, 3.63) is 36.0 Å². The molecule has 0 spiro atoms. The van der Waals surface area contributed by atoms with Crippen molar-refractivity contribution in [2.45, 2.75) is 20.3 Å². The number of benzene rings is 1. The number of anilines is 1. The van der Waals surface area contributed by atoms with Crippen LogP contribution in [0.15, 0.2) is 30.3 Å². The molecule has 2 aromatic rings. The number of nitrogen functional groups attached to an aromatic ring is 1. The maximum atomic E-state index is 5.50. The molecule has 5 heteroatoms. The fourth-order valence-corrected chi connectivity index (χ4v) is 2.04. The maximum absolute atomic E-state index is 5.50. The molecule has 0 aliphatic heterocycles. The van der Waals surface area contributed by atoms with Crippen molar-refractivity contribution < 1.29 is 4.74 Å². The van der Waals surface area contributed by atoms with Gasteiger partial charge in [0.2, 0.25) is 0 Å². The summed E-state index contributed by atoms with van der Waals surface area (Å²) in [7, 11) is 1.64. The third-order valence-corrected chi connectivity index (χ3v) is 2.89. The molecule has 0 radical (unpaired) electrons. The van der Waals surface area contributed by atoms with Crippen LogP contribution in [0.3, 0.4) is 0 Å². The largest absolute Gasteiger partial charge is 0.496 e. The van der Waals surface area contributed by atoms with E-state index in [-0.39, 0.29) is 0 Å². The summed E-state index contributed by atoms with van der Waals surface area (Å²) in [6.45, 7) is 4.31. The predicted octanol–water partition coefficient (Wildman–Crippen LogP) is 2.64. The molecule has 1 aromatic heterocycles. The molecular formula is C15H20N4O. The Labute approximate surface area is 119 Å². The van der Waals surface area contributed by atoms with Gasteiger partial charge in [-0.3, -0.25) is 0 Å². The molecule has 0 saturated heterocycles. The van der Waals surface area contributed by atoms with E-state index in [1.807, 2.05) is 30.3 Å². The van der Waals surface area contributed by atoms with Crippen molar-refractivity contribution in [3.63, 3.8) is 0 Å². The smallest absolute Gasteiger partial charge is 0.165 e. The van der Waals surface area contributed by atoms with Crippen LogP contribution in [0.1, 0.15) is 19.5 Å². The van der Waals surface area contributed by atoms with Gasteiger partial charge in [0.25, 0.3) is 0 Å². The topological polar surface area (TPSA) is 73.1 Å². The molecule has 3 N–H and O–H groups in total. The van der Waals surface area contributed by atoms with Crippen LogP contribution in [0.2, 0.25) is 0 Å². The number of aromatic nitrogens is 2. The molecule has 20 heavy (non-hydrogen) atoms. The highest BCUT2D eigenvalue weighted by atomic mass is 16.5. The van der Waals surface area contributed by atoms with Crippen molar-refractivity contribution in [3.8, 4) is 17.1 Å². The minimum Gasteiger partial charge on any atom is -0.496 e. The van der Waals surface area contributed by atoms with Crippen LogP contribution in [0, 0.1) is 5.92 Å². The van der Waals surface area contributed by atoms with Gasteiger partial charge in [-0.05, 0) is 24.5 Å². The molecule has 2 rings (SSSR count). The Balaban J connectivity index is 2.49. The van der Waals surface area contributed by atoms with Crippen LogP contribution >= 0.6 is 0 Å². The lowest BCUT2D eigenvalue weighted by molar-refractivity contribution is 0.416. The van der Waals surface area contributed by atoms with Gasteiger partial charge in [0.1, 0.15) is 11.6 Å². The van der Waals surface area contributed by atoms with Gasteiger partial charge in [0, 0.05) is 11.8 Å². The van der Waals surface area contributed by atoms with E-state index in [1.165, 1.54) is 0 Å². The molecule has 0 atom stereocenters. The number of nitrogens with two attached hydrogens (primary N) is 1.